The first-order valence-electron chi connectivity index (χ1n) is 10.6. The van der Waals surface area contributed by atoms with Gasteiger partial charge in [-0.15, -0.1) is 0 Å². The zero-order valence-corrected chi connectivity index (χ0v) is 18.7. The highest BCUT2D eigenvalue weighted by Crippen LogP contribution is 2.34. The van der Waals surface area contributed by atoms with Crippen molar-refractivity contribution in [3.8, 4) is 17.1 Å². The Morgan fingerprint density at radius 2 is 1.88 bits per heavy atom. The number of hydrogen-bond donors (Lipinski definition) is 1. The summed E-state index contributed by atoms with van der Waals surface area (Å²) in [4.78, 5) is 11.1. The number of nitrogen functional groups attached to an aromatic ring is 1. The Kier molecular flexibility index (Phi) is 5.54. The number of nitrogens with zero attached hydrogens (tertiary/aromatic N) is 4. The average molecular weight is 470 g/mol. The first-order chi connectivity index (χ1) is 15.9. The Bertz CT molecular complexity index is 1350. The maximum absolute atomic E-state index is 14.1. The minimum absolute atomic E-state index is 0.0279. The number of halogens is 3. The van der Waals surface area contributed by atoms with E-state index in [4.69, 9.17) is 22.1 Å². The van der Waals surface area contributed by atoms with Gasteiger partial charge in [-0.1, -0.05) is 17.7 Å². The van der Waals surface area contributed by atoms with Crippen molar-refractivity contribution in [2.24, 2.45) is 7.05 Å². The van der Waals surface area contributed by atoms with E-state index < -0.39 is 11.6 Å². The summed E-state index contributed by atoms with van der Waals surface area (Å²) in [5.74, 6) is -1.33. The highest BCUT2D eigenvalue weighted by molar-refractivity contribution is 6.31. The van der Waals surface area contributed by atoms with Crippen LogP contribution in [0.3, 0.4) is 0 Å². The van der Waals surface area contributed by atoms with E-state index in [1.807, 2.05) is 19.2 Å². The first-order valence-corrected chi connectivity index (χ1v) is 11.0. The van der Waals surface area contributed by atoms with Crippen LogP contribution in [0.15, 0.2) is 42.7 Å². The second-order valence-electron chi connectivity index (χ2n) is 8.11. The molecule has 1 aliphatic heterocycles. The van der Waals surface area contributed by atoms with Gasteiger partial charge in [0.25, 0.3) is 5.88 Å². The predicted molar refractivity (Wildman–Crippen MR) is 126 cm³/mol. The summed E-state index contributed by atoms with van der Waals surface area (Å²) in [5, 5.41) is 0.799. The van der Waals surface area contributed by atoms with Crippen LogP contribution in [0.2, 0.25) is 5.02 Å². The number of nitrogens with two attached hydrogens (primary N) is 1. The molecule has 33 heavy (non-hydrogen) atoms. The maximum atomic E-state index is 14.1. The molecule has 2 aromatic heterocycles. The molecule has 0 radical (unpaired) electrons. The maximum Gasteiger partial charge on any atom is 0.258 e. The number of rotatable bonds is 5. The summed E-state index contributed by atoms with van der Waals surface area (Å²) >= 11 is 5.89. The van der Waals surface area contributed by atoms with E-state index in [-0.39, 0.29) is 28.9 Å². The number of hydrogen-bond acceptors (Lipinski definition) is 5. The Hall–Kier alpha value is -3.39. The van der Waals surface area contributed by atoms with Crippen molar-refractivity contribution in [1.82, 2.24) is 14.5 Å². The van der Waals surface area contributed by atoms with Crippen molar-refractivity contribution in [3.05, 3.63) is 64.9 Å². The summed E-state index contributed by atoms with van der Waals surface area (Å²) < 4.78 is 35.5. The number of ether oxygens (including phenoxy) is 1. The van der Waals surface area contributed by atoms with E-state index in [0.29, 0.717) is 5.69 Å². The molecule has 0 spiro atoms. The van der Waals surface area contributed by atoms with Gasteiger partial charge in [0, 0.05) is 48.4 Å². The Morgan fingerprint density at radius 1 is 1.12 bits per heavy atom. The normalized spacial score (nSPS) is 13.8. The van der Waals surface area contributed by atoms with Crippen LogP contribution in [0.4, 0.5) is 20.3 Å². The number of aromatic nitrogens is 3. The lowest BCUT2D eigenvalue weighted by molar-refractivity contribution is 0.288. The molecule has 5 rings (SSSR count). The van der Waals surface area contributed by atoms with E-state index in [1.54, 1.807) is 6.20 Å². The van der Waals surface area contributed by atoms with Crippen molar-refractivity contribution in [1.29, 1.82) is 0 Å². The van der Waals surface area contributed by atoms with Crippen LogP contribution in [0.25, 0.3) is 22.2 Å². The molecular weight excluding hydrogens is 448 g/mol. The first kappa shape index (κ1) is 21.5. The van der Waals surface area contributed by atoms with Crippen LogP contribution in [0, 0.1) is 11.6 Å². The Morgan fingerprint density at radius 3 is 2.67 bits per heavy atom. The van der Waals surface area contributed by atoms with Crippen LogP contribution in [-0.2, 0) is 13.7 Å². The topological polar surface area (TPSA) is 69.2 Å². The molecule has 0 aliphatic carbocycles. The van der Waals surface area contributed by atoms with Gasteiger partial charge >= 0.3 is 0 Å². The highest BCUT2D eigenvalue weighted by atomic mass is 35.5. The van der Waals surface area contributed by atoms with Crippen molar-refractivity contribution >= 4 is 34.0 Å². The number of anilines is 2. The van der Waals surface area contributed by atoms with E-state index in [0.717, 1.165) is 41.7 Å². The zero-order chi connectivity index (χ0) is 23.1. The van der Waals surface area contributed by atoms with Gasteiger partial charge in [0.15, 0.2) is 5.82 Å². The van der Waals surface area contributed by atoms with Crippen molar-refractivity contribution < 1.29 is 13.5 Å². The molecule has 0 saturated carbocycles. The number of fused-ring (bicyclic) bond motifs is 1. The fraction of sp³-hybridized carbons (Fsp3) is 0.250. The molecule has 0 atom stereocenters. The minimum atomic E-state index is -0.727. The lowest BCUT2D eigenvalue weighted by Crippen LogP contribution is -2.17. The monoisotopic (exact) mass is 469 g/mol. The molecule has 1 fully saturated rings. The second kappa shape index (κ2) is 8.51. The number of benzene rings is 2. The van der Waals surface area contributed by atoms with Crippen molar-refractivity contribution in [3.63, 3.8) is 0 Å². The SMILES string of the molecule is Cn1cc(N2CCCC2)c2cc(-c3cnc(N)c(OCc4c(F)ccc(F)c4Cl)n3)ccc21. The lowest BCUT2D eigenvalue weighted by atomic mass is 10.1. The van der Waals surface area contributed by atoms with Gasteiger partial charge < -0.3 is 19.9 Å². The molecule has 0 unspecified atom stereocenters. The Balaban J connectivity index is 1.47. The fourth-order valence-corrected chi connectivity index (χ4v) is 4.42. The molecule has 3 heterocycles. The van der Waals surface area contributed by atoms with Crippen molar-refractivity contribution in [2.75, 3.05) is 23.7 Å². The summed E-state index contributed by atoms with van der Waals surface area (Å²) in [6, 6.07) is 8.05. The highest BCUT2D eigenvalue weighted by Gasteiger charge is 2.19. The van der Waals surface area contributed by atoms with Gasteiger partial charge in [-0.05, 0) is 37.1 Å². The Labute approximate surface area is 194 Å². The molecule has 0 bridgehead atoms. The summed E-state index contributed by atoms with van der Waals surface area (Å²) in [6.07, 6.45) is 6.10. The van der Waals surface area contributed by atoms with Gasteiger partial charge in [-0.3, -0.25) is 0 Å². The van der Waals surface area contributed by atoms with E-state index in [1.165, 1.54) is 18.5 Å². The molecule has 4 aromatic rings. The van der Waals surface area contributed by atoms with Gasteiger partial charge in [0.05, 0.1) is 22.6 Å². The smallest absolute Gasteiger partial charge is 0.258 e. The molecule has 2 aromatic carbocycles. The molecule has 170 valence electrons. The molecule has 1 aliphatic rings. The standard InChI is InChI=1S/C24H22ClF2N5O/c1-31-12-21(32-8-2-3-9-32)15-10-14(4-7-20(15)31)19-11-29-23(28)24(30-19)33-13-16-17(26)5-6-18(27)22(16)25/h4-7,10-12H,2-3,8-9,13H2,1H3,(H2,28,29). The molecule has 6 nitrogen and oxygen atoms in total. The molecule has 0 amide bonds. The summed E-state index contributed by atoms with van der Waals surface area (Å²) in [5.41, 5.74) is 9.55. The second-order valence-corrected chi connectivity index (χ2v) is 8.49. The minimum Gasteiger partial charge on any atom is -0.470 e. The van der Waals surface area contributed by atoms with Crippen LogP contribution in [0.1, 0.15) is 18.4 Å². The third kappa shape index (κ3) is 3.95. The summed E-state index contributed by atoms with van der Waals surface area (Å²) in [7, 11) is 2.03. The van der Waals surface area contributed by atoms with Crippen molar-refractivity contribution in [2.45, 2.75) is 19.4 Å². The van der Waals surface area contributed by atoms with Crippen LogP contribution in [-0.4, -0.2) is 27.6 Å². The van der Waals surface area contributed by atoms with E-state index in [9.17, 15) is 8.78 Å². The fourth-order valence-electron chi connectivity index (χ4n) is 4.21. The van der Waals surface area contributed by atoms with E-state index in [2.05, 4.69) is 31.7 Å². The van der Waals surface area contributed by atoms with Gasteiger partial charge in [-0.2, -0.15) is 0 Å². The van der Waals surface area contributed by atoms with Gasteiger partial charge in [0.1, 0.15) is 18.2 Å². The van der Waals surface area contributed by atoms with Crippen LogP contribution in [0.5, 0.6) is 5.88 Å². The molecule has 9 heteroatoms. The third-order valence-corrected chi connectivity index (χ3v) is 6.38. The summed E-state index contributed by atoms with van der Waals surface area (Å²) in [6.45, 7) is 1.76. The van der Waals surface area contributed by atoms with E-state index >= 15 is 0 Å². The molecule has 2 N–H and O–H groups in total. The van der Waals surface area contributed by atoms with Crippen LogP contribution >= 0.6 is 11.6 Å². The lowest BCUT2D eigenvalue weighted by Gasteiger charge is -2.16. The third-order valence-electron chi connectivity index (χ3n) is 5.97. The van der Waals surface area contributed by atoms with Gasteiger partial charge in [0.2, 0.25) is 0 Å². The quantitative estimate of drug-likeness (QED) is 0.400. The van der Waals surface area contributed by atoms with Crippen LogP contribution < -0.4 is 15.4 Å². The molecular formula is C24H22ClF2N5O. The predicted octanol–water partition coefficient (Wildman–Crippen LogP) is 5.33. The molecule has 1 saturated heterocycles. The number of aryl methyl sites for hydroxylation is 1. The largest absolute Gasteiger partial charge is 0.470 e. The van der Waals surface area contributed by atoms with Gasteiger partial charge in [-0.25, -0.2) is 18.7 Å². The average Bonchev–Trinajstić information content (AvgIpc) is 3.45. The zero-order valence-electron chi connectivity index (χ0n) is 18.0.